The van der Waals surface area contributed by atoms with Crippen molar-refractivity contribution in [2.75, 3.05) is 37.5 Å². The summed E-state index contributed by atoms with van der Waals surface area (Å²) in [6.45, 7) is 2.03. The standard InChI is InChI=1S/C11H16FNOS/c1-13(5-6-14-7-8-15)11-4-2-3-10(12)9-11/h2-4,9,15H,5-8H2,1H3. The third-order valence-electron chi connectivity index (χ3n) is 2.06. The summed E-state index contributed by atoms with van der Waals surface area (Å²) in [7, 11) is 1.92. The Bertz CT molecular complexity index is 296. The van der Waals surface area contributed by atoms with Crippen molar-refractivity contribution in [2.24, 2.45) is 0 Å². The molecular formula is C11H16FNOS. The number of ether oxygens (including phenoxy) is 1. The summed E-state index contributed by atoms with van der Waals surface area (Å²) in [5.41, 5.74) is 0.865. The molecule has 0 unspecified atom stereocenters. The Kier molecular flexibility index (Phi) is 5.50. The summed E-state index contributed by atoms with van der Waals surface area (Å²) < 4.78 is 18.2. The molecule has 1 rings (SSSR count). The van der Waals surface area contributed by atoms with Crippen LogP contribution in [0.2, 0.25) is 0 Å². The predicted octanol–water partition coefficient (Wildman–Crippen LogP) is 2.21. The smallest absolute Gasteiger partial charge is 0.125 e. The van der Waals surface area contributed by atoms with Gasteiger partial charge in [0.05, 0.1) is 13.2 Å². The zero-order valence-electron chi connectivity index (χ0n) is 8.82. The van der Waals surface area contributed by atoms with Crippen LogP contribution in [0.5, 0.6) is 0 Å². The maximum atomic E-state index is 12.9. The monoisotopic (exact) mass is 229 g/mol. The van der Waals surface area contributed by atoms with Crippen LogP contribution in [0.3, 0.4) is 0 Å². The number of nitrogens with zero attached hydrogens (tertiary/aromatic N) is 1. The van der Waals surface area contributed by atoms with E-state index in [9.17, 15) is 4.39 Å². The maximum Gasteiger partial charge on any atom is 0.125 e. The molecule has 0 saturated heterocycles. The number of likely N-dealkylation sites (N-methyl/N-ethyl adjacent to an activating group) is 1. The zero-order valence-corrected chi connectivity index (χ0v) is 9.71. The molecule has 0 fully saturated rings. The first kappa shape index (κ1) is 12.3. The minimum Gasteiger partial charge on any atom is -0.379 e. The van der Waals surface area contributed by atoms with Gasteiger partial charge in [-0.05, 0) is 18.2 Å². The molecule has 2 nitrogen and oxygen atoms in total. The SMILES string of the molecule is CN(CCOCCS)c1cccc(F)c1. The second-order valence-electron chi connectivity index (χ2n) is 3.24. The topological polar surface area (TPSA) is 12.5 Å². The molecule has 4 heteroatoms. The van der Waals surface area contributed by atoms with Gasteiger partial charge in [0.15, 0.2) is 0 Å². The highest BCUT2D eigenvalue weighted by molar-refractivity contribution is 7.80. The lowest BCUT2D eigenvalue weighted by molar-refractivity contribution is 0.157. The first-order valence-corrected chi connectivity index (χ1v) is 5.52. The van der Waals surface area contributed by atoms with Gasteiger partial charge in [-0.2, -0.15) is 12.6 Å². The minimum absolute atomic E-state index is 0.212. The average molecular weight is 229 g/mol. The van der Waals surface area contributed by atoms with E-state index in [0.29, 0.717) is 13.2 Å². The Balaban J connectivity index is 2.36. The van der Waals surface area contributed by atoms with Gasteiger partial charge in [-0.3, -0.25) is 0 Å². The first-order chi connectivity index (χ1) is 7.24. The molecule has 0 heterocycles. The van der Waals surface area contributed by atoms with Crippen molar-refractivity contribution < 1.29 is 9.13 Å². The molecule has 0 aromatic heterocycles. The Morgan fingerprint density at radius 2 is 2.20 bits per heavy atom. The van der Waals surface area contributed by atoms with Crippen molar-refractivity contribution in [3.8, 4) is 0 Å². The highest BCUT2D eigenvalue weighted by Crippen LogP contribution is 2.13. The van der Waals surface area contributed by atoms with Crippen LogP contribution in [-0.2, 0) is 4.74 Å². The first-order valence-electron chi connectivity index (χ1n) is 4.89. The quantitative estimate of drug-likeness (QED) is 0.593. The molecule has 0 aliphatic heterocycles. The molecule has 0 atom stereocenters. The number of thiol groups is 1. The molecule has 0 amide bonds. The van der Waals surface area contributed by atoms with Gasteiger partial charge in [0.1, 0.15) is 5.82 Å². The number of hydrogen-bond acceptors (Lipinski definition) is 3. The highest BCUT2D eigenvalue weighted by Gasteiger charge is 2.01. The molecule has 0 bridgehead atoms. The molecule has 0 radical (unpaired) electrons. The number of halogens is 1. The lowest BCUT2D eigenvalue weighted by Gasteiger charge is -2.19. The predicted molar refractivity (Wildman–Crippen MR) is 64.3 cm³/mol. The van der Waals surface area contributed by atoms with Crippen molar-refractivity contribution in [2.45, 2.75) is 0 Å². The number of benzene rings is 1. The van der Waals surface area contributed by atoms with Crippen LogP contribution in [0.4, 0.5) is 10.1 Å². The van der Waals surface area contributed by atoms with Crippen LogP contribution in [0.1, 0.15) is 0 Å². The van der Waals surface area contributed by atoms with Gasteiger partial charge in [-0.15, -0.1) is 0 Å². The van der Waals surface area contributed by atoms with Gasteiger partial charge in [0.2, 0.25) is 0 Å². The molecule has 15 heavy (non-hydrogen) atoms. The molecule has 1 aromatic rings. The molecule has 0 spiro atoms. The van der Waals surface area contributed by atoms with Crippen molar-refractivity contribution in [3.05, 3.63) is 30.1 Å². The van der Waals surface area contributed by atoms with Gasteiger partial charge in [-0.25, -0.2) is 4.39 Å². The lowest BCUT2D eigenvalue weighted by atomic mass is 10.3. The van der Waals surface area contributed by atoms with Gasteiger partial charge in [-0.1, -0.05) is 6.07 Å². The Labute approximate surface area is 95.5 Å². The van der Waals surface area contributed by atoms with E-state index in [1.165, 1.54) is 12.1 Å². The molecule has 0 saturated carbocycles. The van der Waals surface area contributed by atoms with E-state index in [2.05, 4.69) is 12.6 Å². The van der Waals surface area contributed by atoms with E-state index < -0.39 is 0 Å². The molecule has 0 aliphatic carbocycles. The van der Waals surface area contributed by atoms with Crippen molar-refractivity contribution in [3.63, 3.8) is 0 Å². The van der Waals surface area contributed by atoms with Gasteiger partial charge >= 0.3 is 0 Å². The van der Waals surface area contributed by atoms with E-state index in [1.807, 2.05) is 18.0 Å². The molecule has 0 N–H and O–H groups in total. The summed E-state index contributed by atoms with van der Waals surface area (Å²) in [6, 6.07) is 6.53. The fourth-order valence-electron chi connectivity index (χ4n) is 1.21. The fourth-order valence-corrected chi connectivity index (χ4v) is 1.34. The molecule has 0 aliphatic rings. The highest BCUT2D eigenvalue weighted by atomic mass is 32.1. The lowest BCUT2D eigenvalue weighted by Crippen LogP contribution is -2.22. The van der Waals surface area contributed by atoms with Crippen LogP contribution in [-0.4, -0.2) is 32.6 Å². The van der Waals surface area contributed by atoms with Crippen molar-refractivity contribution in [1.82, 2.24) is 0 Å². The van der Waals surface area contributed by atoms with Crippen LogP contribution in [0, 0.1) is 5.82 Å². The van der Waals surface area contributed by atoms with E-state index >= 15 is 0 Å². The van der Waals surface area contributed by atoms with E-state index in [4.69, 9.17) is 4.74 Å². The summed E-state index contributed by atoms with van der Waals surface area (Å²) in [6.07, 6.45) is 0. The Morgan fingerprint density at radius 1 is 1.40 bits per heavy atom. The maximum absolute atomic E-state index is 12.9. The summed E-state index contributed by atoms with van der Waals surface area (Å²) >= 11 is 4.04. The van der Waals surface area contributed by atoms with E-state index in [-0.39, 0.29) is 5.82 Å². The second kappa shape index (κ2) is 6.69. The molecule has 84 valence electrons. The van der Waals surface area contributed by atoms with Crippen LogP contribution < -0.4 is 4.90 Å². The normalized spacial score (nSPS) is 10.3. The van der Waals surface area contributed by atoms with Gasteiger partial charge < -0.3 is 9.64 Å². The van der Waals surface area contributed by atoms with Gasteiger partial charge in [0.25, 0.3) is 0 Å². The Morgan fingerprint density at radius 3 is 2.87 bits per heavy atom. The van der Waals surface area contributed by atoms with E-state index in [0.717, 1.165) is 18.0 Å². The number of anilines is 1. The average Bonchev–Trinajstić information content (AvgIpc) is 2.24. The van der Waals surface area contributed by atoms with Gasteiger partial charge in [0, 0.05) is 25.0 Å². The number of hydrogen-bond donors (Lipinski definition) is 1. The molecule has 1 aromatic carbocycles. The van der Waals surface area contributed by atoms with Crippen molar-refractivity contribution in [1.29, 1.82) is 0 Å². The zero-order chi connectivity index (χ0) is 11.1. The van der Waals surface area contributed by atoms with Crippen LogP contribution >= 0.6 is 12.6 Å². The largest absolute Gasteiger partial charge is 0.379 e. The number of rotatable bonds is 6. The summed E-state index contributed by atoms with van der Waals surface area (Å²) in [4.78, 5) is 1.96. The van der Waals surface area contributed by atoms with Crippen LogP contribution in [0.15, 0.2) is 24.3 Å². The summed E-state index contributed by atoms with van der Waals surface area (Å²) in [5.74, 6) is 0.513. The third kappa shape index (κ3) is 4.53. The summed E-state index contributed by atoms with van der Waals surface area (Å²) in [5, 5.41) is 0. The third-order valence-corrected chi connectivity index (χ3v) is 2.24. The molecular weight excluding hydrogens is 213 g/mol. The second-order valence-corrected chi connectivity index (χ2v) is 3.68. The van der Waals surface area contributed by atoms with E-state index in [1.54, 1.807) is 6.07 Å². The minimum atomic E-state index is -0.212. The van der Waals surface area contributed by atoms with Crippen molar-refractivity contribution >= 4 is 18.3 Å². The van der Waals surface area contributed by atoms with Crippen LogP contribution in [0.25, 0.3) is 0 Å². The Hall–Kier alpha value is -0.740. The fraction of sp³-hybridized carbons (Fsp3) is 0.455.